The van der Waals surface area contributed by atoms with Crippen LogP contribution in [0.4, 0.5) is 0 Å². The van der Waals surface area contributed by atoms with E-state index in [-0.39, 0.29) is 0 Å². The minimum atomic E-state index is 0.471. The lowest BCUT2D eigenvalue weighted by Crippen LogP contribution is -2.08. The molecule has 1 heterocycles. The molecule has 1 aliphatic rings. The van der Waals surface area contributed by atoms with Crippen LogP contribution in [0.5, 0.6) is 0 Å². The fourth-order valence-corrected chi connectivity index (χ4v) is 6.93. The third-order valence-electron chi connectivity index (χ3n) is 8.66. The first-order chi connectivity index (χ1) is 19.4. The molecule has 186 valence electrons. The van der Waals surface area contributed by atoms with Gasteiger partial charge in [0.1, 0.15) is 0 Å². The minimum Gasteiger partial charge on any atom is -0.309 e. The molecule has 1 aromatic heterocycles. The molecular weight excluding hydrogens is 470 g/mol. The smallest absolute Gasteiger partial charge is 0.0585 e. The van der Waals surface area contributed by atoms with Gasteiger partial charge in [-0.25, -0.2) is 0 Å². The van der Waals surface area contributed by atoms with Crippen molar-refractivity contribution < 1.29 is 0 Å². The molecule has 0 saturated heterocycles. The van der Waals surface area contributed by atoms with Gasteiger partial charge in [-0.1, -0.05) is 115 Å². The Bertz CT molecular complexity index is 2030. The maximum Gasteiger partial charge on any atom is 0.0585 e. The predicted molar refractivity (Wildman–Crippen MR) is 167 cm³/mol. The highest BCUT2D eigenvalue weighted by Gasteiger charge is 2.25. The molecule has 1 atom stereocenters. The Hall–Kier alpha value is -4.62. The molecule has 0 aliphatic heterocycles. The molecule has 0 spiro atoms. The first kappa shape index (κ1) is 22.4. The number of rotatable bonds is 2. The van der Waals surface area contributed by atoms with Crippen molar-refractivity contribution in [1.82, 2.24) is 4.57 Å². The first-order valence-corrected chi connectivity index (χ1v) is 14.0. The van der Waals surface area contributed by atoms with Crippen LogP contribution >= 0.6 is 0 Å². The topological polar surface area (TPSA) is 4.93 Å². The summed E-state index contributed by atoms with van der Waals surface area (Å²) in [5.74, 6) is 0.471. The van der Waals surface area contributed by atoms with Crippen molar-refractivity contribution in [3.8, 4) is 5.69 Å². The molecule has 0 saturated carbocycles. The van der Waals surface area contributed by atoms with Gasteiger partial charge in [-0.2, -0.15) is 0 Å². The highest BCUT2D eigenvalue weighted by Crippen LogP contribution is 2.46. The predicted octanol–water partition coefficient (Wildman–Crippen LogP) is 10.2. The highest BCUT2D eigenvalue weighted by molar-refractivity contribution is 6.30. The van der Waals surface area contributed by atoms with Crippen LogP contribution in [0.1, 0.15) is 35.4 Å². The fraction of sp³-hybridized carbons (Fsp3) is 0.105. The number of para-hydroxylation sites is 1. The molecule has 0 N–H and O–H groups in total. The molecule has 8 rings (SSSR count). The van der Waals surface area contributed by atoms with Crippen molar-refractivity contribution in [1.29, 1.82) is 0 Å². The van der Waals surface area contributed by atoms with Crippen LogP contribution in [0, 0.1) is 0 Å². The van der Waals surface area contributed by atoms with E-state index in [1.807, 2.05) is 0 Å². The fourth-order valence-electron chi connectivity index (χ4n) is 6.93. The number of benzene rings is 6. The van der Waals surface area contributed by atoms with E-state index in [1.165, 1.54) is 65.7 Å². The van der Waals surface area contributed by atoms with Crippen LogP contribution in [-0.2, 0) is 6.42 Å². The van der Waals surface area contributed by atoms with E-state index in [0.29, 0.717) is 5.92 Å². The van der Waals surface area contributed by atoms with Crippen LogP contribution in [0.3, 0.4) is 0 Å². The van der Waals surface area contributed by atoms with Crippen LogP contribution in [0.2, 0.25) is 0 Å². The van der Waals surface area contributed by atoms with Crippen molar-refractivity contribution in [2.24, 2.45) is 0 Å². The number of aromatic nitrogens is 1. The van der Waals surface area contributed by atoms with Crippen molar-refractivity contribution >= 4 is 49.4 Å². The molecule has 0 amide bonds. The standard InChI is InChI=1S/C38H29N/c1-3-13-26(14-4-1)28-16-8-10-21-32-31-20-11-12-22-33(31)37-36-30-19-9-7-15-27(30)23-24-35(36)39(38(37)34(32)25-28)29-17-5-2-6-18-29/h1-7,9-15,17-24,28H,8,16,25H2/b21-10-. The molecule has 1 nitrogen and oxygen atoms in total. The molecule has 7 aromatic rings. The molecule has 0 fully saturated rings. The van der Waals surface area contributed by atoms with E-state index in [4.69, 9.17) is 0 Å². The summed E-state index contributed by atoms with van der Waals surface area (Å²) < 4.78 is 2.54. The molecule has 1 aliphatic carbocycles. The Morgan fingerprint density at radius 3 is 2.10 bits per heavy atom. The molecule has 1 heteroatoms. The van der Waals surface area contributed by atoms with E-state index in [0.717, 1.165) is 19.3 Å². The van der Waals surface area contributed by atoms with E-state index in [9.17, 15) is 0 Å². The second-order valence-electron chi connectivity index (χ2n) is 10.8. The largest absolute Gasteiger partial charge is 0.309 e. The molecule has 6 aromatic carbocycles. The Labute approximate surface area is 228 Å². The number of hydrogen-bond donors (Lipinski definition) is 0. The Morgan fingerprint density at radius 2 is 1.28 bits per heavy atom. The molecule has 39 heavy (non-hydrogen) atoms. The first-order valence-electron chi connectivity index (χ1n) is 14.0. The third-order valence-corrected chi connectivity index (χ3v) is 8.66. The van der Waals surface area contributed by atoms with Gasteiger partial charge in [-0.3, -0.25) is 0 Å². The second kappa shape index (κ2) is 8.99. The summed E-state index contributed by atoms with van der Waals surface area (Å²) in [7, 11) is 0. The summed E-state index contributed by atoms with van der Waals surface area (Å²) in [6.07, 6.45) is 8.08. The van der Waals surface area contributed by atoms with E-state index >= 15 is 0 Å². The number of nitrogens with zero attached hydrogens (tertiary/aromatic N) is 1. The van der Waals surface area contributed by atoms with Crippen LogP contribution in [-0.4, -0.2) is 4.57 Å². The van der Waals surface area contributed by atoms with Crippen molar-refractivity contribution in [3.05, 3.63) is 144 Å². The van der Waals surface area contributed by atoms with E-state index < -0.39 is 0 Å². The SMILES string of the molecule is C1=C\c2c(c3c(c4ccccc24)c2c4ccccc4ccc2n3-c2ccccc2)CC(c2ccccc2)CC/1. The van der Waals surface area contributed by atoms with E-state index in [2.05, 4.69) is 138 Å². The van der Waals surface area contributed by atoms with Gasteiger partial charge >= 0.3 is 0 Å². The van der Waals surface area contributed by atoms with Crippen LogP contribution in [0.15, 0.2) is 127 Å². The maximum absolute atomic E-state index is 2.54. The molecular formula is C38H29N. The average molecular weight is 500 g/mol. The van der Waals surface area contributed by atoms with Gasteiger partial charge in [0.2, 0.25) is 0 Å². The Balaban J connectivity index is 1.61. The summed E-state index contributed by atoms with van der Waals surface area (Å²) in [4.78, 5) is 0. The number of fused-ring (bicyclic) bond motifs is 10. The monoisotopic (exact) mass is 499 g/mol. The van der Waals surface area contributed by atoms with Crippen molar-refractivity contribution in [2.75, 3.05) is 0 Å². The van der Waals surface area contributed by atoms with Gasteiger partial charge < -0.3 is 4.57 Å². The Morgan fingerprint density at radius 1 is 0.590 bits per heavy atom. The quantitative estimate of drug-likeness (QED) is 0.223. The van der Waals surface area contributed by atoms with Gasteiger partial charge in [0, 0.05) is 16.5 Å². The highest BCUT2D eigenvalue weighted by atomic mass is 15.0. The van der Waals surface area contributed by atoms with Crippen molar-refractivity contribution in [2.45, 2.75) is 25.2 Å². The van der Waals surface area contributed by atoms with Gasteiger partial charge in [0.25, 0.3) is 0 Å². The molecule has 0 radical (unpaired) electrons. The summed E-state index contributed by atoms with van der Waals surface area (Å²) >= 11 is 0. The van der Waals surface area contributed by atoms with Crippen molar-refractivity contribution in [3.63, 3.8) is 0 Å². The number of allylic oxidation sites excluding steroid dienone is 1. The normalized spacial score (nSPS) is 16.4. The average Bonchev–Trinajstić information content (AvgIpc) is 3.34. The molecule has 1 unspecified atom stereocenters. The summed E-state index contributed by atoms with van der Waals surface area (Å²) in [6, 6.07) is 44.6. The zero-order valence-electron chi connectivity index (χ0n) is 21.8. The minimum absolute atomic E-state index is 0.471. The van der Waals surface area contributed by atoms with Gasteiger partial charge in [0.15, 0.2) is 0 Å². The Kier molecular flexibility index (Phi) is 5.16. The lowest BCUT2D eigenvalue weighted by atomic mass is 9.82. The van der Waals surface area contributed by atoms with Crippen LogP contribution < -0.4 is 0 Å². The van der Waals surface area contributed by atoms with Gasteiger partial charge in [0.05, 0.1) is 11.0 Å². The lowest BCUT2D eigenvalue weighted by molar-refractivity contribution is 0.628. The van der Waals surface area contributed by atoms with Gasteiger partial charge in [-0.05, 0) is 81.6 Å². The maximum atomic E-state index is 2.54. The zero-order valence-corrected chi connectivity index (χ0v) is 21.8. The third kappa shape index (κ3) is 3.47. The second-order valence-corrected chi connectivity index (χ2v) is 10.8. The zero-order chi connectivity index (χ0) is 25.8. The number of hydrogen-bond acceptors (Lipinski definition) is 0. The van der Waals surface area contributed by atoms with Crippen LogP contribution in [0.25, 0.3) is 55.1 Å². The van der Waals surface area contributed by atoms with E-state index in [1.54, 1.807) is 0 Å². The summed E-state index contributed by atoms with van der Waals surface area (Å²) in [5.41, 5.74) is 8.12. The lowest BCUT2D eigenvalue weighted by Gasteiger charge is -2.23. The summed E-state index contributed by atoms with van der Waals surface area (Å²) in [6.45, 7) is 0. The summed E-state index contributed by atoms with van der Waals surface area (Å²) in [5, 5.41) is 8.03. The molecule has 0 bridgehead atoms. The van der Waals surface area contributed by atoms with Gasteiger partial charge in [-0.15, -0.1) is 0 Å².